The Hall–Kier alpha value is -2.18. The van der Waals surface area contributed by atoms with Crippen molar-refractivity contribution in [3.05, 3.63) is 53.5 Å². The molecule has 3 rings (SSSR count). The Morgan fingerprint density at radius 1 is 0.920 bits per heavy atom. The molecule has 6 heteroatoms. The summed E-state index contributed by atoms with van der Waals surface area (Å²) in [5.41, 5.74) is 2.07. The molecule has 0 fully saturated rings. The summed E-state index contributed by atoms with van der Waals surface area (Å²) in [7, 11) is 4.96. The summed E-state index contributed by atoms with van der Waals surface area (Å²) >= 11 is 3.35. The van der Waals surface area contributed by atoms with E-state index in [-0.39, 0.29) is 0 Å². The van der Waals surface area contributed by atoms with E-state index in [1.807, 2.05) is 36.4 Å². The van der Waals surface area contributed by atoms with Gasteiger partial charge in [0.2, 0.25) is 0 Å². The second kappa shape index (κ2) is 8.27. The van der Waals surface area contributed by atoms with E-state index in [4.69, 9.17) is 19.2 Å². The summed E-state index contributed by atoms with van der Waals surface area (Å²) in [6.45, 7) is 0. The number of rotatable bonds is 7. The molecule has 2 aromatic carbocycles. The summed E-state index contributed by atoms with van der Waals surface area (Å²) in [5.74, 6) is 3.11. The fourth-order valence-corrected chi connectivity index (χ4v) is 4.21. The number of ether oxygens (including phenoxy) is 3. The Labute approximate surface area is 155 Å². The molecule has 0 aliphatic rings. The highest BCUT2D eigenvalue weighted by Gasteiger charge is 2.10. The van der Waals surface area contributed by atoms with E-state index in [2.05, 4.69) is 11.4 Å². The van der Waals surface area contributed by atoms with Gasteiger partial charge in [-0.3, -0.25) is 0 Å². The number of benzene rings is 2. The van der Waals surface area contributed by atoms with Crippen LogP contribution in [0.25, 0.3) is 10.6 Å². The molecular weight excluding hydrogens is 354 g/mol. The molecule has 0 spiro atoms. The highest BCUT2D eigenvalue weighted by Crippen LogP contribution is 2.35. The lowest BCUT2D eigenvalue weighted by Gasteiger charge is -2.08. The van der Waals surface area contributed by atoms with Crippen LogP contribution in [0.4, 0.5) is 0 Å². The van der Waals surface area contributed by atoms with Crippen molar-refractivity contribution in [2.24, 2.45) is 0 Å². The van der Waals surface area contributed by atoms with E-state index in [1.54, 1.807) is 44.4 Å². The van der Waals surface area contributed by atoms with E-state index in [1.165, 1.54) is 0 Å². The first-order valence-corrected chi connectivity index (χ1v) is 9.54. The predicted molar refractivity (Wildman–Crippen MR) is 103 cm³/mol. The second-order valence-electron chi connectivity index (χ2n) is 5.15. The molecule has 0 saturated heterocycles. The lowest BCUT2D eigenvalue weighted by Crippen LogP contribution is -1.91. The summed E-state index contributed by atoms with van der Waals surface area (Å²) in [4.78, 5) is 5.86. The minimum Gasteiger partial charge on any atom is -0.496 e. The van der Waals surface area contributed by atoms with Crippen LogP contribution < -0.4 is 14.2 Å². The molecule has 25 heavy (non-hydrogen) atoms. The van der Waals surface area contributed by atoms with Crippen molar-refractivity contribution in [2.75, 3.05) is 21.3 Å². The zero-order valence-electron chi connectivity index (χ0n) is 14.3. The van der Waals surface area contributed by atoms with Crippen molar-refractivity contribution < 1.29 is 14.2 Å². The second-order valence-corrected chi connectivity index (χ2v) is 7.03. The van der Waals surface area contributed by atoms with E-state index in [0.29, 0.717) is 5.75 Å². The lowest BCUT2D eigenvalue weighted by atomic mass is 10.2. The Kier molecular flexibility index (Phi) is 5.83. The van der Waals surface area contributed by atoms with Crippen molar-refractivity contribution in [3.63, 3.8) is 0 Å². The van der Waals surface area contributed by atoms with Crippen molar-refractivity contribution in [2.45, 2.75) is 10.6 Å². The molecule has 0 radical (unpaired) electrons. The molecular formula is C19H19NO3S2. The van der Waals surface area contributed by atoms with Gasteiger partial charge in [0.05, 0.1) is 27.0 Å². The topological polar surface area (TPSA) is 40.6 Å². The Bertz CT molecular complexity index is 848. The summed E-state index contributed by atoms with van der Waals surface area (Å²) < 4.78 is 16.0. The molecule has 0 aliphatic carbocycles. The minimum atomic E-state index is 0.708. The van der Waals surface area contributed by atoms with Crippen LogP contribution >= 0.6 is 23.1 Å². The Morgan fingerprint density at radius 2 is 1.68 bits per heavy atom. The first-order valence-electron chi connectivity index (χ1n) is 7.67. The van der Waals surface area contributed by atoms with Gasteiger partial charge in [0.1, 0.15) is 10.8 Å². The zero-order valence-corrected chi connectivity index (χ0v) is 15.9. The monoisotopic (exact) mass is 373 g/mol. The first-order chi connectivity index (χ1) is 12.2. The smallest absolute Gasteiger partial charge is 0.161 e. The van der Waals surface area contributed by atoms with Crippen molar-refractivity contribution in [1.29, 1.82) is 0 Å². The molecule has 0 atom stereocenters. The number of hydrogen-bond acceptors (Lipinski definition) is 6. The van der Waals surface area contributed by atoms with E-state index >= 15 is 0 Å². The van der Waals surface area contributed by atoms with Gasteiger partial charge in [0.15, 0.2) is 11.5 Å². The van der Waals surface area contributed by atoms with Gasteiger partial charge in [0.25, 0.3) is 0 Å². The predicted octanol–water partition coefficient (Wildman–Crippen LogP) is 5.13. The number of para-hydroxylation sites is 1. The number of methoxy groups -OCH3 is 3. The Morgan fingerprint density at radius 3 is 2.44 bits per heavy atom. The zero-order chi connectivity index (χ0) is 17.6. The van der Waals surface area contributed by atoms with Gasteiger partial charge in [-0.25, -0.2) is 4.98 Å². The van der Waals surface area contributed by atoms with Crippen molar-refractivity contribution in [1.82, 2.24) is 4.98 Å². The van der Waals surface area contributed by atoms with Crippen LogP contribution in [0.2, 0.25) is 0 Å². The molecule has 0 aliphatic heterocycles. The van der Waals surface area contributed by atoms with Crippen LogP contribution in [0, 0.1) is 0 Å². The molecule has 4 nitrogen and oxygen atoms in total. The number of thiazole rings is 1. The number of thioether (sulfide) groups is 1. The standard InChI is InChI=1S/C19H19NO3S2/c1-21-15-9-8-13(10-17(15)23-3)19-20-14(12-25-19)11-24-18-7-5-4-6-16(18)22-2/h4-10,12H,11H2,1-3H3. The summed E-state index contributed by atoms with van der Waals surface area (Å²) in [5, 5.41) is 3.06. The van der Waals surface area contributed by atoms with Crippen LogP contribution in [-0.2, 0) is 5.75 Å². The molecule has 1 heterocycles. The van der Waals surface area contributed by atoms with Crippen LogP contribution in [0.3, 0.4) is 0 Å². The van der Waals surface area contributed by atoms with Gasteiger partial charge in [-0.15, -0.1) is 23.1 Å². The fourth-order valence-electron chi connectivity index (χ4n) is 2.36. The minimum absolute atomic E-state index is 0.708. The molecule has 3 aromatic rings. The molecule has 130 valence electrons. The van der Waals surface area contributed by atoms with Gasteiger partial charge in [-0.1, -0.05) is 12.1 Å². The summed E-state index contributed by atoms with van der Waals surface area (Å²) in [6.07, 6.45) is 0. The number of aromatic nitrogens is 1. The maximum Gasteiger partial charge on any atom is 0.161 e. The summed E-state index contributed by atoms with van der Waals surface area (Å²) in [6, 6.07) is 13.9. The number of nitrogens with zero attached hydrogens (tertiary/aromatic N) is 1. The Balaban J connectivity index is 1.74. The molecule has 0 bridgehead atoms. The van der Waals surface area contributed by atoms with Crippen LogP contribution in [0.15, 0.2) is 52.7 Å². The molecule has 1 aromatic heterocycles. The fraction of sp³-hybridized carbons (Fsp3) is 0.211. The van der Waals surface area contributed by atoms with Crippen LogP contribution in [-0.4, -0.2) is 26.3 Å². The number of hydrogen-bond donors (Lipinski definition) is 0. The highest BCUT2D eigenvalue weighted by molar-refractivity contribution is 7.98. The van der Waals surface area contributed by atoms with Gasteiger partial charge < -0.3 is 14.2 Å². The van der Waals surface area contributed by atoms with Gasteiger partial charge in [0, 0.05) is 21.6 Å². The van der Waals surface area contributed by atoms with E-state index < -0.39 is 0 Å². The largest absolute Gasteiger partial charge is 0.496 e. The average Bonchev–Trinajstić information content (AvgIpc) is 3.15. The third-order valence-corrected chi connectivity index (χ3v) is 5.66. The molecule has 0 unspecified atom stereocenters. The average molecular weight is 373 g/mol. The van der Waals surface area contributed by atoms with Gasteiger partial charge in [-0.2, -0.15) is 0 Å². The van der Waals surface area contributed by atoms with Crippen molar-refractivity contribution >= 4 is 23.1 Å². The molecule has 0 amide bonds. The van der Waals surface area contributed by atoms with E-state index in [0.717, 1.165) is 38.4 Å². The molecule has 0 N–H and O–H groups in total. The third kappa shape index (κ3) is 4.08. The lowest BCUT2D eigenvalue weighted by molar-refractivity contribution is 0.355. The maximum atomic E-state index is 5.39. The van der Waals surface area contributed by atoms with Gasteiger partial charge in [-0.05, 0) is 30.3 Å². The van der Waals surface area contributed by atoms with Crippen LogP contribution in [0.5, 0.6) is 17.2 Å². The normalized spacial score (nSPS) is 10.5. The maximum absolute atomic E-state index is 5.39. The molecule has 0 saturated carbocycles. The van der Waals surface area contributed by atoms with E-state index in [9.17, 15) is 0 Å². The van der Waals surface area contributed by atoms with Crippen molar-refractivity contribution in [3.8, 4) is 27.8 Å². The highest BCUT2D eigenvalue weighted by atomic mass is 32.2. The third-order valence-electron chi connectivity index (χ3n) is 3.63. The van der Waals surface area contributed by atoms with Crippen LogP contribution in [0.1, 0.15) is 5.69 Å². The SMILES string of the molecule is COc1ccc(-c2nc(CSc3ccccc3OC)cs2)cc1OC. The quantitative estimate of drug-likeness (QED) is 0.537. The van der Waals surface area contributed by atoms with Gasteiger partial charge >= 0.3 is 0 Å². The first kappa shape index (κ1) is 17.6.